The first-order chi connectivity index (χ1) is 4.52. The lowest BCUT2D eigenvalue weighted by molar-refractivity contribution is 0.548. The molecule has 0 unspecified atom stereocenters. The third-order valence-corrected chi connectivity index (χ3v) is 2.69. The van der Waals surface area contributed by atoms with E-state index < -0.39 is 15.2 Å². The van der Waals surface area contributed by atoms with Crippen molar-refractivity contribution in [3.63, 3.8) is 0 Å². The fourth-order valence-corrected chi connectivity index (χ4v) is 2.03. The van der Waals surface area contributed by atoms with Crippen LogP contribution in [0.5, 0.6) is 0 Å². The predicted octanol–water partition coefficient (Wildman–Crippen LogP) is 1.11. The topological polar surface area (TPSA) is 47.0 Å². The van der Waals surface area contributed by atoms with Gasteiger partial charge in [0.05, 0.1) is 5.51 Å². The average molecular weight is 181 g/mol. The first-order valence-electron chi connectivity index (χ1n) is 2.36. The van der Waals surface area contributed by atoms with E-state index >= 15 is 0 Å². The highest BCUT2D eigenvalue weighted by Crippen LogP contribution is 2.18. The second kappa shape index (κ2) is 2.28. The molecule has 0 radical (unpaired) electrons. The summed E-state index contributed by atoms with van der Waals surface area (Å²) in [6.45, 7) is 1.50. The van der Waals surface area contributed by atoms with Crippen LogP contribution in [0, 0.1) is 6.92 Å². The van der Waals surface area contributed by atoms with Crippen molar-refractivity contribution in [1.29, 1.82) is 0 Å². The lowest BCUT2D eigenvalue weighted by atomic mass is 10.6. The lowest BCUT2D eigenvalue weighted by Crippen LogP contribution is -1.93. The van der Waals surface area contributed by atoms with E-state index in [9.17, 15) is 12.3 Å². The predicted molar refractivity (Wildman–Crippen MR) is 35.1 cm³/mol. The molecule has 0 atom stereocenters. The number of aromatic nitrogens is 1. The molecule has 0 aromatic carbocycles. The molecule has 10 heavy (non-hydrogen) atoms. The highest BCUT2D eigenvalue weighted by molar-refractivity contribution is 7.86. The van der Waals surface area contributed by atoms with Gasteiger partial charge < -0.3 is 0 Å². The van der Waals surface area contributed by atoms with Crippen LogP contribution in [0.2, 0.25) is 0 Å². The van der Waals surface area contributed by atoms with Crippen LogP contribution >= 0.6 is 11.3 Å². The molecule has 0 amide bonds. The molecule has 0 saturated carbocycles. The van der Waals surface area contributed by atoms with Gasteiger partial charge in [-0.3, -0.25) is 0 Å². The first kappa shape index (κ1) is 7.62. The van der Waals surface area contributed by atoms with Crippen molar-refractivity contribution in [2.45, 2.75) is 11.9 Å². The Kier molecular flexibility index (Phi) is 1.74. The van der Waals surface area contributed by atoms with E-state index in [1.54, 1.807) is 0 Å². The van der Waals surface area contributed by atoms with Crippen molar-refractivity contribution in [1.82, 2.24) is 4.98 Å². The van der Waals surface area contributed by atoms with Gasteiger partial charge in [-0.2, -0.15) is 8.42 Å². The van der Waals surface area contributed by atoms with Crippen molar-refractivity contribution < 1.29 is 12.3 Å². The molecule has 0 bridgehead atoms. The molecule has 6 heteroatoms. The van der Waals surface area contributed by atoms with E-state index in [1.165, 1.54) is 12.4 Å². The zero-order valence-corrected chi connectivity index (χ0v) is 6.67. The Labute approximate surface area is 61.7 Å². The van der Waals surface area contributed by atoms with Crippen LogP contribution < -0.4 is 0 Å². The normalized spacial score (nSPS) is 11.8. The summed E-state index contributed by atoms with van der Waals surface area (Å²) in [7, 11) is -4.59. The number of nitrogens with zero attached hydrogens (tertiary/aromatic N) is 1. The van der Waals surface area contributed by atoms with Crippen molar-refractivity contribution >= 4 is 21.6 Å². The van der Waals surface area contributed by atoms with Gasteiger partial charge in [0.2, 0.25) is 5.03 Å². The molecule has 0 aliphatic rings. The standard InChI is InChI=1S/C4H4FNO2S2/c1-3-4(6-2-9-3)10(5,7)8/h2H,1H3. The first-order valence-corrected chi connectivity index (χ1v) is 4.63. The minimum atomic E-state index is -4.59. The second-order valence-corrected chi connectivity index (χ2v) is 3.97. The number of halogens is 1. The largest absolute Gasteiger partial charge is 0.350 e. The lowest BCUT2D eigenvalue weighted by Gasteiger charge is -1.86. The molecule has 0 N–H and O–H groups in total. The fraction of sp³-hybridized carbons (Fsp3) is 0.250. The molecule has 0 spiro atoms. The van der Waals surface area contributed by atoms with Gasteiger partial charge in [-0.05, 0) is 6.92 Å². The Hall–Kier alpha value is -0.490. The minimum absolute atomic E-state index is 0.377. The molecule has 1 aromatic rings. The molecule has 0 saturated heterocycles. The molecule has 56 valence electrons. The van der Waals surface area contributed by atoms with Crippen LogP contribution in [-0.2, 0) is 10.2 Å². The van der Waals surface area contributed by atoms with Gasteiger partial charge in [0, 0.05) is 4.88 Å². The van der Waals surface area contributed by atoms with Crippen molar-refractivity contribution in [2.75, 3.05) is 0 Å². The molecule has 1 aromatic heterocycles. The maximum absolute atomic E-state index is 12.1. The molecule has 0 aliphatic heterocycles. The Morgan fingerprint density at radius 2 is 2.30 bits per heavy atom. The van der Waals surface area contributed by atoms with E-state index in [1.807, 2.05) is 0 Å². The van der Waals surface area contributed by atoms with Crippen LogP contribution in [0.1, 0.15) is 4.88 Å². The number of aryl methyl sites for hydroxylation is 1. The maximum atomic E-state index is 12.1. The molecule has 1 heterocycles. The van der Waals surface area contributed by atoms with Crippen molar-refractivity contribution in [3.8, 4) is 0 Å². The molecular weight excluding hydrogens is 177 g/mol. The number of hydrogen-bond acceptors (Lipinski definition) is 4. The monoisotopic (exact) mass is 181 g/mol. The minimum Gasteiger partial charge on any atom is -0.230 e. The van der Waals surface area contributed by atoms with Gasteiger partial charge in [0.1, 0.15) is 0 Å². The number of thiazole rings is 1. The van der Waals surface area contributed by atoms with Gasteiger partial charge in [0.15, 0.2) is 0 Å². The Bertz CT molecular complexity index is 329. The fourth-order valence-electron chi connectivity index (χ4n) is 0.529. The summed E-state index contributed by atoms with van der Waals surface area (Å²) in [5.41, 5.74) is 1.29. The van der Waals surface area contributed by atoms with E-state index in [-0.39, 0.29) is 0 Å². The summed E-state index contributed by atoms with van der Waals surface area (Å²) in [4.78, 5) is 3.72. The summed E-state index contributed by atoms with van der Waals surface area (Å²) in [5.74, 6) is 0. The summed E-state index contributed by atoms with van der Waals surface area (Å²) >= 11 is 1.10. The van der Waals surface area contributed by atoms with Crippen LogP contribution in [0.25, 0.3) is 0 Å². The number of hydrogen-bond donors (Lipinski definition) is 0. The second-order valence-electron chi connectivity index (χ2n) is 1.65. The number of rotatable bonds is 1. The molecule has 1 rings (SSSR count). The molecule has 0 fully saturated rings. The Morgan fingerprint density at radius 3 is 2.50 bits per heavy atom. The summed E-state index contributed by atoms with van der Waals surface area (Å²) in [5, 5.41) is -0.461. The van der Waals surface area contributed by atoms with Gasteiger partial charge in [-0.15, -0.1) is 11.3 Å². The van der Waals surface area contributed by atoms with Gasteiger partial charge in [-0.1, -0.05) is 3.89 Å². The zero-order chi connectivity index (χ0) is 7.78. The quantitative estimate of drug-likeness (QED) is 0.610. The summed E-state index contributed by atoms with van der Waals surface area (Å²) < 4.78 is 32.5. The van der Waals surface area contributed by atoms with E-state index in [4.69, 9.17) is 0 Å². The Balaban J connectivity index is 3.32. The molecule has 3 nitrogen and oxygen atoms in total. The van der Waals surface area contributed by atoms with Gasteiger partial charge in [-0.25, -0.2) is 4.98 Å². The zero-order valence-electron chi connectivity index (χ0n) is 5.04. The van der Waals surface area contributed by atoms with Crippen molar-refractivity contribution in [3.05, 3.63) is 10.4 Å². The van der Waals surface area contributed by atoms with Crippen LogP contribution in [0.4, 0.5) is 3.89 Å². The average Bonchev–Trinajstić information content (AvgIpc) is 2.11. The maximum Gasteiger partial charge on any atom is 0.350 e. The molecular formula is C4H4FNO2S2. The molecule has 0 aliphatic carbocycles. The van der Waals surface area contributed by atoms with E-state index in [0.29, 0.717) is 4.88 Å². The van der Waals surface area contributed by atoms with Crippen LogP contribution in [-0.4, -0.2) is 13.4 Å². The van der Waals surface area contributed by atoms with E-state index in [0.717, 1.165) is 11.3 Å². The highest BCUT2D eigenvalue weighted by atomic mass is 32.3. The summed E-state index contributed by atoms with van der Waals surface area (Å²) in [6, 6.07) is 0. The van der Waals surface area contributed by atoms with E-state index in [2.05, 4.69) is 4.98 Å². The van der Waals surface area contributed by atoms with Crippen molar-refractivity contribution in [2.24, 2.45) is 0 Å². The third-order valence-electron chi connectivity index (χ3n) is 0.932. The Morgan fingerprint density at radius 1 is 1.70 bits per heavy atom. The van der Waals surface area contributed by atoms with Crippen LogP contribution in [0.15, 0.2) is 10.5 Å². The highest BCUT2D eigenvalue weighted by Gasteiger charge is 2.17. The van der Waals surface area contributed by atoms with Gasteiger partial charge >= 0.3 is 10.2 Å². The smallest absolute Gasteiger partial charge is 0.230 e. The summed E-state index contributed by atoms with van der Waals surface area (Å²) in [6.07, 6.45) is 0. The SMILES string of the molecule is Cc1scnc1S(=O)(=O)F. The van der Waals surface area contributed by atoms with Gasteiger partial charge in [0.25, 0.3) is 0 Å². The van der Waals surface area contributed by atoms with Crippen LogP contribution in [0.3, 0.4) is 0 Å². The third kappa shape index (κ3) is 1.32.